The molecule has 1 aromatic carbocycles. The number of amides is 1. The van der Waals surface area contributed by atoms with E-state index < -0.39 is 13.0 Å². The topological polar surface area (TPSA) is 102 Å². The van der Waals surface area contributed by atoms with E-state index >= 15 is 0 Å². The number of nitrogens with two attached hydrogens (primary N) is 2. The Hall–Kier alpha value is -2.63. The lowest BCUT2D eigenvalue weighted by Gasteiger charge is -2.21. The molecule has 3 aromatic rings. The second-order valence-corrected chi connectivity index (χ2v) is 12.0. The number of carbonyl (C=O) groups excluding carboxylic acids is 1. The first-order valence-corrected chi connectivity index (χ1v) is 12.8. The molecule has 0 bridgehead atoms. The van der Waals surface area contributed by atoms with Crippen LogP contribution in [0.2, 0.25) is 0 Å². The van der Waals surface area contributed by atoms with Crippen LogP contribution in [0.15, 0.2) is 47.8 Å². The zero-order chi connectivity index (χ0) is 21.2. The average molecular weight is 428 g/mol. The molecule has 0 aliphatic carbocycles. The van der Waals surface area contributed by atoms with Gasteiger partial charge in [0.25, 0.3) is 5.91 Å². The van der Waals surface area contributed by atoms with E-state index in [-0.39, 0.29) is 0 Å². The van der Waals surface area contributed by atoms with Crippen molar-refractivity contribution in [2.45, 2.75) is 0 Å². The van der Waals surface area contributed by atoms with E-state index in [1.54, 1.807) is 36.8 Å². The molecule has 152 valence electrons. The molecule has 29 heavy (non-hydrogen) atoms. The van der Waals surface area contributed by atoms with Crippen molar-refractivity contribution in [1.29, 1.82) is 0 Å². The molecule has 0 atom stereocenters. The minimum absolute atomic E-state index is 0.314. The summed E-state index contributed by atoms with van der Waals surface area (Å²) in [5, 5.41) is 2.01. The highest BCUT2D eigenvalue weighted by Gasteiger charge is 2.18. The van der Waals surface area contributed by atoms with E-state index in [2.05, 4.69) is 0 Å². The maximum atomic E-state index is 12.1. The second-order valence-electron chi connectivity index (χ2n) is 7.43. The largest absolute Gasteiger partial charge is 0.398 e. The third-order valence-electron chi connectivity index (χ3n) is 4.63. The number of primary amides is 1. The molecule has 0 spiro atoms. The zero-order valence-corrected chi connectivity index (χ0v) is 18.5. The Labute approximate surface area is 174 Å². The Balaban J connectivity index is 2.07. The van der Waals surface area contributed by atoms with Gasteiger partial charge in [0.05, 0.1) is 18.4 Å². The summed E-state index contributed by atoms with van der Waals surface area (Å²) in [6.45, 7) is 4.14. The molecule has 3 rings (SSSR count). The number of aromatic nitrogens is 1. The standard InChI is InChI=1S/C21H25N4O2PS/c1-25(10-11-28(2,3)27)19-9-7-15(21(23)26)20(24-19)16-13-14(6-8-17(16)22)18-5-4-12-29-18/h4-9,12-13H,10-11,22H2,1-3H3,(H2,23,26). The molecule has 0 fully saturated rings. The molecule has 0 radical (unpaired) electrons. The van der Waals surface area contributed by atoms with E-state index in [0.717, 1.165) is 10.4 Å². The van der Waals surface area contributed by atoms with Gasteiger partial charge in [-0.1, -0.05) is 12.1 Å². The second kappa shape index (κ2) is 8.39. The molecule has 2 aromatic heterocycles. The lowest BCUT2D eigenvalue weighted by Crippen LogP contribution is -2.23. The molecule has 4 N–H and O–H groups in total. The van der Waals surface area contributed by atoms with Crippen LogP contribution in [0.1, 0.15) is 10.4 Å². The Bertz CT molecular complexity index is 1080. The van der Waals surface area contributed by atoms with E-state index in [1.807, 2.05) is 47.7 Å². The van der Waals surface area contributed by atoms with Crippen molar-refractivity contribution in [1.82, 2.24) is 4.98 Å². The van der Waals surface area contributed by atoms with Gasteiger partial charge in [-0.2, -0.15) is 0 Å². The third-order valence-corrected chi connectivity index (χ3v) is 6.82. The van der Waals surface area contributed by atoms with Crippen LogP contribution < -0.4 is 16.4 Å². The van der Waals surface area contributed by atoms with Crippen LogP contribution in [0.3, 0.4) is 0 Å². The van der Waals surface area contributed by atoms with Crippen LogP contribution in [0.25, 0.3) is 21.7 Å². The van der Waals surface area contributed by atoms with Crippen molar-refractivity contribution in [2.24, 2.45) is 5.73 Å². The molecular weight excluding hydrogens is 403 g/mol. The first-order chi connectivity index (χ1) is 13.7. The number of thiophene rings is 1. The summed E-state index contributed by atoms with van der Waals surface area (Å²) in [5.41, 5.74) is 14.8. The fraction of sp³-hybridized carbons (Fsp3) is 0.238. The third kappa shape index (κ3) is 5.05. The Morgan fingerprint density at radius 3 is 2.59 bits per heavy atom. The van der Waals surface area contributed by atoms with Gasteiger partial charge in [-0.05, 0) is 54.6 Å². The van der Waals surface area contributed by atoms with E-state index in [4.69, 9.17) is 16.5 Å². The van der Waals surface area contributed by atoms with Crippen molar-refractivity contribution in [2.75, 3.05) is 43.7 Å². The number of nitrogens with zero attached hydrogens (tertiary/aromatic N) is 2. The van der Waals surface area contributed by atoms with Crippen molar-refractivity contribution >= 4 is 35.9 Å². The van der Waals surface area contributed by atoms with Crippen LogP contribution in [0.4, 0.5) is 11.5 Å². The van der Waals surface area contributed by atoms with E-state index in [1.165, 1.54) is 0 Å². The molecule has 0 aliphatic heterocycles. The Morgan fingerprint density at radius 2 is 1.97 bits per heavy atom. The monoisotopic (exact) mass is 428 g/mol. The summed E-state index contributed by atoms with van der Waals surface area (Å²) in [5.74, 6) is 0.105. The number of nitrogen functional groups attached to an aromatic ring is 1. The van der Waals surface area contributed by atoms with Crippen molar-refractivity contribution in [3.8, 4) is 21.7 Å². The highest BCUT2D eigenvalue weighted by atomic mass is 32.1. The van der Waals surface area contributed by atoms with Crippen LogP contribution in [-0.4, -0.2) is 44.0 Å². The summed E-state index contributed by atoms with van der Waals surface area (Å²) in [4.78, 5) is 19.8. The van der Waals surface area contributed by atoms with Gasteiger partial charge in [-0.3, -0.25) is 4.79 Å². The van der Waals surface area contributed by atoms with E-state index in [0.29, 0.717) is 41.0 Å². The number of hydrogen-bond acceptors (Lipinski definition) is 6. The maximum Gasteiger partial charge on any atom is 0.250 e. The highest BCUT2D eigenvalue weighted by molar-refractivity contribution is 7.62. The van der Waals surface area contributed by atoms with Gasteiger partial charge >= 0.3 is 0 Å². The number of pyridine rings is 1. The van der Waals surface area contributed by atoms with Gasteiger partial charge in [0.15, 0.2) is 0 Å². The number of anilines is 2. The van der Waals surface area contributed by atoms with Crippen LogP contribution in [0.5, 0.6) is 0 Å². The summed E-state index contributed by atoms with van der Waals surface area (Å²) < 4.78 is 12.1. The molecule has 8 heteroatoms. The zero-order valence-electron chi connectivity index (χ0n) is 16.8. The molecule has 0 unspecified atom stereocenters. The fourth-order valence-corrected chi connectivity index (χ4v) is 4.43. The molecule has 0 saturated carbocycles. The molecular formula is C21H25N4O2PS. The van der Waals surface area contributed by atoms with Crippen molar-refractivity contribution < 1.29 is 9.36 Å². The van der Waals surface area contributed by atoms with Gasteiger partial charge in [0.2, 0.25) is 0 Å². The number of hydrogen-bond donors (Lipinski definition) is 2. The first-order valence-electron chi connectivity index (χ1n) is 9.15. The summed E-state index contributed by atoms with van der Waals surface area (Å²) in [6.07, 6.45) is 0.577. The van der Waals surface area contributed by atoms with Crippen molar-refractivity contribution in [3.63, 3.8) is 0 Å². The number of benzene rings is 1. The summed E-state index contributed by atoms with van der Waals surface area (Å²) >= 11 is 1.63. The first kappa shape index (κ1) is 21.1. The van der Waals surface area contributed by atoms with E-state index in [9.17, 15) is 9.36 Å². The minimum atomic E-state index is -2.14. The van der Waals surface area contributed by atoms with Gasteiger partial charge in [0.1, 0.15) is 5.82 Å². The molecule has 1 amide bonds. The fourth-order valence-electron chi connectivity index (χ4n) is 2.93. The smallest absolute Gasteiger partial charge is 0.250 e. The van der Waals surface area contributed by atoms with Crippen molar-refractivity contribution in [3.05, 3.63) is 53.4 Å². The summed E-state index contributed by atoms with van der Waals surface area (Å²) in [7, 11) is -0.254. The highest BCUT2D eigenvalue weighted by Crippen LogP contribution is 2.36. The summed E-state index contributed by atoms with van der Waals surface area (Å²) in [6, 6.07) is 13.1. The van der Waals surface area contributed by atoms with Crippen LogP contribution in [0, 0.1) is 0 Å². The molecule has 0 aliphatic rings. The van der Waals surface area contributed by atoms with Gasteiger partial charge in [0, 0.05) is 35.9 Å². The molecule has 6 nitrogen and oxygen atoms in total. The SMILES string of the molecule is CN(CCP(C)(C)=O)c1ccc(C(N)=O)c(-c2cc(-c3cccs3)ccc2N)n1. The normalized spacial score (nSPS) is 11.4. The minimum Gasteiger partial charge on any atom is -0.398 e. The number of carbonyl (C=O) groups is 1. The lowest BCUT2D eigenvalue weighted by molar-refractivity contribution is 0.100. The molecule has 0 saturated heterocycles. The predicted octanol–water partition coefficient (Wildman–Crippen LogP) is 4.22. The lowest BCUT2D eigenvalue weighted by atomic mass is 10.0. The van der Waals surface area contributed by atoms with Gasteiger partial charge in [-0.15, -0.1) is 11.3 Å². The van der Waals surface area contributed by atoms with Gasteiger partial charge < -0.3 is 20.9 Å². The van der Waals surface area contributed by atoms with Crippen LogP contribution in [-0.2, 0) is 4.57 Å². The Kier molecular flexibility index (Phi) is 6.10. The predicted molar refractivity (Wildman–Crippen MR) is 124 cm³/mol. The van der Waals surface area contributed by atoms with Gasteiger partial charge in [-0.25, -0.2) is 4.98 Å². The Morgan fingerprint density at radius 1 is 1.21 bits per heavy atom. The maximum absolute atomic E-state index is 12.1. The number of rotatable bonds is 7. The molecule has 2 heterocycles. The average Bonchev–Trinajstić information content (AvgIpc) is 3.20. The quantitative estimate of drug-likeness (QED) is 0.433. The van der Waals surface area contributed by atoms with Crippen LogP contribution >= 0.6 is 18.5 Å².